The molecule has 1 aliphatic carbocycles. The number of nitrogen functional groups attached to an aromatic ring is 1. The van der Waals surface area contributed by atoms with E-state index in [4.69, 9.17) is 5.73 Å². The minimum absolute atomic E-state index is 0.0673. The topological polar surface area (TPSA) is 55.1 Å². The maximum Gasteiger partial charge on any atom is 0.227 e. The van der Waals surface area contributed by atoms with Gasteiger partial charge in [0.15, 0.2) is 0 Å². The van der Waals surface area contributed by atoms with Gasteiger partial charge in [0.1, 0.15) is 5.82 Å². The van der Waals surface area contributed by atoms with Crippen molar-refractivity contribution in [1.82, 2.24) is 0 Å². The molecule has 74 valence electrons. The van der Waals surface area contributed by atoms with Crippen molar-refractivity contribution in [2.45, 2.75) is 12.8 Å². The van der Waals surface area contributed by atoms with E-state index in [1.807, 2.05) is 0 Å². The van der Waals surface area contributed by atoms with Crippen LogP contribution in [0.15, 0.2) is 18.2 Å². The summed E-state index contributed by atoms with van der Waals surface area (Å²) in [6.07, 6.45) is 1.84. The summed E-state index contributed by atoms with van der Waals surface area (Å²) in [4.78, 5) is 11.3. The normalized spacial score (nSPS) is 15.2. The zero-order chi connectivity index (χ0) is 10.1. The second-order valence-corrected chi connectivity index (χ2v) is 3.50. The number of rotatable bonds is 2. The highest BCUT2D eigenvalue weighted by Gasteiger charge is 2.29. The van der Waals surface area contributed by atoms with Crippen LogP contribution >= 0.6 is 0 Å². The third kappa shape index (κ3) is 1.84. The Morgan fingerprint density at radius 3 is 2.86 bits per heavy atom. The molecule has 0 saturated heterocycles. The van der Waals surface area contributed by atoms with Gasteiger partial charge in [-0.3, -0.25) is 4.79 Å². The highest BCUT2D eigenvalue weighted by atomic mass is 19.1. The van der Waals surface area contributed by atoms with Crippen LogP contribution in [0.1, 0.15) is 12.8 Å². The zero-order valence-corrected chi connectivity index (χ0v) is 7.59. The predicted molar refractivity (Wildman–Crippen MR) is 52.2 cm³/mol. The molecule has 1 amide bonds. The van der Waals surface area contributed by atoms with Crippen LogP contribution in [0, 0.1) is 11.7 Å². The van der Waals surface area contributed by atoms with Gasteiger partial charge in [-0.2, -0.15) is 0 Å². The lowest BCUT2D eigenvalue weighted by molar-refractivity contribution is -0.117. The monoisotopic (exact) mass is 194 g/mol. The van der Waals surface area contributed by atoms with E-state index in [1.165, 1.54) is 18.2 Å². The lowest BCUT2D eigenvalue weighted by Gasteiger charge is -2.06. The predicted octanol–water partition coefficient (Wildman–Crippen LogP) is 1.76. The average Bonchev–Trinajstić information content (AvgIpc) is 2.94. The van der Waals surface area contributed by atoms with E-state index in [0.29, 0.717) is 11.4 Å². The first kappa shape index (κ1) is 8.99. The van der Waals surface area contributed by atoms with Crippen LogP contribution in [0.5, 0.6) is 0 Å². The van der Waals surface area contributed by atoms with Gasteiger partial charge in [-0.1, -0.05) is 0 Å². The molecule has 2 rings (SSSR count). The van der Waals surface area contributed by atoms with Gasteiger partial charge in [0.2, 0.25) is 5.91 Å². The molecule has 3 nitrogen and oxygen atoms in total. The molecule has 0 spiro atoms. The van der Waals surface area contributed by atoms with Crippen molar-refractivity contribution in [3.05, 3.63) is 24.0 Å². The van der Waals surface area contributed by atoms with Crippen LogP contribution in [0.4, 0.5) is 15.8 Å². The van der Waals surface area contributed by atoms with E-state index in [0.717, 1.165) is 12.8 Å². The lowest BCUT2D eigenvalue weighted by Crippen LogP contribution is -2.14. The van der Waals surface area contributed by atoms with Gasteiger partial charge in [-0.15, -0.1) is 0 Å². The Labute approximate surface area is 81.1 Å². The molecule has 4 heteroatoms. The number of carbonyl (C=O) groups is 1. The number of halogens is 1. The van der Waals surface area contributed by atoms with Crippen molar-refractivity contribution in [3.63, 3.8) is 0 Å². The smallest absolute Gasteiger partial charge is 0.227 e. The van der Waals surface area contributed by atoms with Gasteiger partial charge in [0.05, 0.1) is 11.4 Å². The van der Waals surface area contributed by atoms with Crippen molar-refractivity contribution in [2.75, 3.05) is 11.1 Å². The summed E-state index contributed by atoms with van der Waals surface area (Å²) in [7, 11) is 0. The van der Waals surface area contributed by atoms with Crippen LogP contribution in [-0.4, -0.2) is 5.91 Å². The quantitative estimate of drug-likeness (QED) is 0.705. The Kier molecular flexibility index (Phi) is 2.11. The molecule has 1 saturated carbocycles. The van der Waals surface area contributed by atoms with Crippen molar-refractivity contribution in [1.29, 1.82) is 0 Å². The SMILES string of the molecule is Nc1ccc(F)cc1NC(=O)C1CC1. The van der Waals surface area contributed by atoms with Crippen LogP contribution in [0.25, 0.3) is 0 Å². The fraction of sp³-hybridized carbons (Fsp3) is 0.300. The van der Waals surface area contributed by atoms with E-state index >= 15 is 0 Å². The van der Waals surface area contributed by atoms with Gasteiger partial charge in [0.25, 0.3) is 0 Å². The molecule has 1 aromatic carbocycles. The molecule has 1 fully saturated rings. The van der Waals surface area contributed by atoms with Gasteiger partial charge in [-0.25, -0.2) is 4.39 Å². The molecule has 0 atom stereocenters. The van der Waals surface area contributed by atoms with Crippen LogP contribution < -0.4 is 11.1 Å². The van der Waals surface area contributed by atoms with Crippen LogP contribution in [0.3, 0.4) is 0 Å². The molecule has 0 aromatic heterocycles. The van der Waals surface area contributed by atoms with Crippen molar-refractivity contribution in [2.24, 2.45) is 5.92 Å². The van der Waals surface area contributed by atoms with Gasteiger partial charge in [-0.05, 0) is 31.0 Å². The van der Waals surface area contributed by atoms with Gasteiger partial charge in [0, 0.05) is 5.92 Å². The third-order valence-corrected chi connectivity index (χ3v) is 2.22. The summed E-state index contributed by atoms with van der Waals surface area (Å²) in [6.45, 7) is 0. The van der Waals surface area contributed by atoms with Crippen molar-refractivity contribution < 1.29 is 9.18 Å². The fourth-order valence-electron chi connectivity index (χ4n) is 1.22. The van der Waals surface area contributed by atoms with Crippen molar-refractivity contribution >= 4 is 17.3 Å². The average molecular weight is 194 g/mol. The highest BCUT2D eigenvalue weighted by Crippen LogP contribution is 2.31. The summed E-state index contributed by atoms with van der Waals surface area (Å²) < 4.78 is 12.8. The van der Waals surface area contributed by atoms with E-state index in [9.17, 15) is 9.18 Å². The van der Waals surface area contributed by atoms with Crippen LogP contribution in [0.2, 0.25) is 0 Å². The number of anilines is 2. The molecular formula is C10H11FN2O. The number of nitrogens with one attached hydrogen (secondary N) is 1. The third-order valence-electron chi connectivity index (χ3n) is 2.22. The minimum Gasteiger partial charge on any atom is -0.397 e. The van der Waals surface area contributed by atoms with Crippen LogP contribution in [-0.2, 0) is 4.79 Å². The summed E-state index contributed by atoms with van der Waals surface area (Å²) in [5.41, 5.74) is 6.33. The number of hydrogen-bond acceptors (Lipinski definition) is 2. The standard InChI is InChI=1S/C10H11FN2O/c11-7-3-4-8(12)9(5-7)13-10(14)6-1-2-6/h3-6H,1-2,12H2,(H,13,14). The second kappa shape index (κ2) is 3.29. The number of carbonyl (C=O) groups excluding carboxylic acids is 1. The Balaban J connectivity index is 2.14. The maximum atomic E-state index is 12.8. The zero-order valence-electron chi connectivity index (χ0n) is 7.59. The second-order valence-electron chi connectivity index (χ2n) is 3.50. The molecule has 0 bridgehead atoms. The number of amides is 1. The number of benzene rings is 1. The summed E-state index contributed by atoms with van der Waals surface area (Å²) in [6, 6.07) is 3.94. The summed E-state index contributed by atoms with van der Waals surface area (Å²) in [5, 5.41) is 2.61. The first-order valence-electron chi connectivity index (χ1n) is 4.52. The highest BCUT2D eigenvalue weighted by molar-refractivity contribution is 5.96. The van der Waals surface area contributed by atoms with E-state index < -0.39 is 5.82 Å². The first-order chi connectivity index (χ1) is 6.66. The molecule has 1 aromatic rings. The fourth-order valence-corrected chi connectivity index (χ4v) is 1.22. The summed E-state index contributed by atoms with van der Waals surface area (Å²) in [5.74, 6) is -0.370. The van der Waals surface area contributed by atoms with E-state index in [-0.39, 0.29) is 11.8 Å². The molecule has 0 heterocycles. The van der Waals surface area contributed by atoms with E-state index in [1.54, 1.807) is 0 Å². The van der Waals surface area contributed by atoms with Gasteiger partial charge >= 0.3 is 0 Å². The van der Waals surface area contributed by atoms with E-state index in [2.05, 4.69) is 5.32 Å². The Morgan fingerprint density at radius 1 is 1.50 bits per heavy atom. The molecule has 1 aliphatic rings. The number of hydrogen-bond donors (Lipinski definition) is 2. The lowest BCUT2D eigenvalue weighted by atomic mass is 10.2. The molecule has 0 unspecified atom stereocenters. The molecule has 0 aliphatic heterocycles. The molecule has 3 N–H and O–H groups in total. The van der Waals surface area contributed by atoms with Gasteiger partial charge < -0.3 is 11.1 Å². The molecule has 0 radical (unpaired) electrons. The molecule has 14 heavy (non-hydrogen) atoms. The Bertz CT molecular complexity index is 374. The number of nitrogens with two attached hydrogens (primary N) is 1. The minimum atomic E-state index is -0.398. The Hall–Kier alpha value is -1.58. The summed E-state index contributed by atoms with van der Waals surface area (Å²) >= 11 is 0. The largest absolute Gasteiger partial charge is 0.397 e. The maximum absolute atomic E-state index is 12.8. The first-order valence-corrected chi connectivity index (χ1v) is 4.52. The van der Waals surface area contributed by atoms with Crippen molar-refractivity contribution in [3.8, 4) is 0 Å². The Morgan fingerprint density at radius 2 is 2.21 bits per heavy atom. The molecular weight excluding hydrogens is 183 g/mol.